The van der Waals surface area contributed by atoms with Gasteiger partial charge in [-0.3, -0.25) is 0 Å². The van der Waals surface area contributed by atoms with E-state index in [1.807, 2.05) is 33.9 Å². The van der Waals surface area contributed by atoms with Crippen molar-refractivity contribution in [2.45, 2.75) is 69.9 Å². The molecule has 0 unspecified atom stereocenters. The maximum atomic E-state index is 13.1. The maximum Gasteiger partial charge on any atom is 0.262 e. The van der Waals surface area contributed by atoms with E-state index in [0.29, 0.717) is 38.2 Å². The molecule has 0 atom stereocenters. The van der Waals surface area contributed by atoms with Crippen LogP contribution in [0.1, 0.15) is 63.4 Å². The fourth-order valence-corrected chi connectivity index (χ4v) is 6.02. The van der Waals surface area contributed by atoms with Gasteiger partial charge >= 0.3 is 0 Å². The Labute approximate surface area is 191 Å². The molecule has 0 radical (unpaired) electrons. The largest absolute Gasteiger partial charge is 0.354 e. The minimum Gasteiger partial charge on any atom is -0.354 e. The fraction of sp³-hybridized carbons (Fsp3) is 0.682. The molecule has 0 amide bonds. The number of aromatic nitrogens is 4. The Morgan fingerprint density at radius 1 is 1.03 bits per heavy atom. The molecular weight excluding hydrogens is 426 g/mol. The van der Waals surface area contributed by atoms with Crippen LogP contribution in [0.2, 0.25) is 0 Å². The number of imidazole rings is 1. The zero-order chi connectivity index (χ0) is 22.9. The molecule has 176 valence electrons. The average molecular weight is 462 g/mol. The van der Waals surface area contributed by atoms with E-state index in [2.05, 4.69) is 20.2 Å². The van der Waals surface area contributed by atoms with Crippen LogP contribution in [0.3, 0.4) is 0 Å². The van der Waals surface area contributed by atoms with Crippen molar-refractivity contribution in [2.24, 2.45) is 7.05 Å². The van der Waals surface area contributed by atoms with E-state index in [1.54, 1.807) is 10.8 Å². The third-order valence-corrected chi connectivity index (χ3v) is 8.12. The van der Waals surface area contributed by atoms with Gasteiger partial charge in [-0.05, 0) is 19.8 Å². The number of rotatable bonds is 6. The Hall–Kier alpha value is -2.20. The summed E-state index contributed by atoms with van der Waals surface area (Å²) in [4.78, 5) is 15.9. The zero-order valence-electron chi connectivity index (χ0n) is 19.6. The van der Waals surface area contributed by atoms with Gasteiger partial charge in [-0.25, -0.2) is 18.4 Å². The topological polar surface area (TPSA) is 96.3 Å². The average Bonchev–Trinajstić information content (AvgIpc) is 3.17. The van der Waals surface area contributed by atoms with Crippen molar-refractivity contribution in [3.8, 4) is 0 Å². The predicted octanol–water partition coefficient (Wildman–Crippen LogP) is 2.90. The van der Waals surface area contributed by atoms with Crippen LogP contribution in [-0.4, -0.2) is 64.5 Å². The highest BCUT2D eigenvalue weighted by molar-refractivity contribution is 7.89. The molecule has 2 aliphatic rings. The van der Waals surface area contributed by atoms with Crippen molar-refractivity contribution in [2.75, 3.05) is 36.4 Å². The Bertz CT molecular complexity index is 1040. The molecule has 1 aliphatic heterocycles. The van der Waals surface area contributed by atoms with Gasteiger partial charge in [0.1, 0.15) is 11.6 Å². The Morgan fingerprint density at radius 2 is 1.72 bits per heavy atom. The summed E-state index contributed by atoms with van der Waals surface area (Å²) >= 11 is 0. The van der Waals surface area contributed by atoms with Crippen molar-refractivity contribution in [1.29, 1.82) is 0 Å². The smallest absolute Gasteiger partial charge is 0.262 e. The first-order valence-corrected chi connectivity index (χ1v) is 13.1. The SMILES string of the molecule is Cc1cc(N2CCN(S(=O)(=O)c3cn(C)c(C(C)C)n3)CC2)nc(NC2CCCCC2)n1. The standard InChI is InChI=1S/C22H35N7O2S/c1-16(2)21-26-20(15-27(21)4)32(30,31)29-12-10-28(11-13-29)19-14-17(3)23-22(25-19)24-18-8-6-5-7-9-18/h14-16,18H,5-13H2,1-4H3,(H,23,24,25). The van der Waals surface area contributed by atoms with Crippen molar-refractivity contribution in [3.63, 3.8) is 0 Å². The first-order valence-electron chi connectivity index (χ1n) is 11.6. The second kappa shape index (κ2) is 9.35. The molecule has 1 N–H and O–H groups in total. The molecule has 2 aromatic rings. The lowest BCUT2D eigenvalue weighted by Gasteiger charge is -2.34. The number of anilines is 2. The van der Waals surface area contributed by atoms with Gasteiger partial charge in [-0.15, -0.1) is 0 Å². The van der Waals surface area contributed by atoms with E-state index >= 15 is 0 Å². The van der Waals surface area contributed by atoms with Gasteiger partial charge in [0.25, 0.3) is 10.0 Å². The minimum absolute atomic E-state index is 0.133. The Balaban J connectivity index is 1.43. The third-order valence-electron chi connectivity index (χ3n) is 6.35. The molecule has 32 heavy (non-hydrogen) atoms. The first-order chi connectivity index (χ1) is 15.2. The molecule has 0 bridgehead atoms. The van der Waals surface area contributed by atoms with Gasteiger partial charge in [0.2, 0.25) is 5.95 Å². The summed E-state index contributed by atoms with van der Waals surface area (Å²) in [7, 11) is -1.77. The van der Waals surface area contributed by atoms with E-state index in [4.69, 9.17) is 4.98 Å². The Kier molecular flexibility index (Phi) is 6.71. The Morgan fingerprint density at radius 3 is 2.34 bits per heavy atom. The van der Waals surface area contributed by atoms with E-state index in [1.165, 1.54) is 23.6 Å². The summed E-state index contributed by atoms with van der Waals surface area (Å²) in [5, 5.41) is 3.64. The highest BCUT2D eigenvalue weighted by Crippen LogP contribution is 2.24. The van der Waals surface area contributed by atoms with Gasteiger partial charge in [0.05, 0.1) is 0 Å². The molecule has 4 rings (SSSR count). The predicted molar refractivity (Wildman–Crippen MR) is 126 cm³/mol. The van der Waals surface area contributed by atoms with Crippen LogP contribution in [-0.2, 0) is 17.1 Å². The van der Waals surface area contributed by atoms with Crippen LogP contribution in [0.5, 0.6) is 0 Å². The molecule has 2 aromatic heterocycles. The lowest BCUT2D eigenvalue weighted by atomic mass is 9.96. The van der Waals surface area contributed by atoms with E-state index < -0.39 is 10.0 Å². The quantitative estimate of drug-likeness (QED) is 0.706. The molecule has 0 aromatic carbocycles. The highest BCUT2D eigenvalue weighted by atomic mass is 32.2. The van der Waals surface area contributed by atoms with Crippen molar-refractivity contribution < 1.29 is 8.42 Å². The lowest BCUT2D eigenvalue weighted by molar-refractivity contribution is 0.382. The molecule has 1 aliphatic carbocycles. The number of piperazine rings is 1. The van der Waals surface area contributed by atoms with Crippen molar-refractivity contribution in [1.82, 2.24) is 23.8 Å². The van der Waals surface area contributed by atoms with Crippen LogP contribution >= 0.6 is 0 Å². The number of nitrogens with one attached hydrogen (secondary N) is 1. The van der Waals surface area contributed by atoms with Crippen LogP contribution in [0.15, 0.2) is 17.3 Å². The van der Waals surface area contributed by atoms with Crippen LogP contribution < -0.4 is 10.2 Å². The molecule has 3 heterocycles. The van der Waals surface area contributed by atoms with Crippen LogP contribution in [0.4, 0.5) is 11.8 Å². The summed E-state index contributed by atoms with van der Waals surface area (Å²) in [5.41, 5.74) is 0.915. The monoisotopic (exact) mass is 461 g/mol. The van der Waals surface area contributed by atoms with Crippen molar-refractivity contribution >= 4 is 21.8 Å². The summed E-state index contributed by atoms with van der Waals surface area (Å²) < 4.78 is 29.6. The fourth-order valence-electron chi connectivity index (χ4n) is 4.61. The summed E-state index contributed by atoms with van der Waals surface area (Å²) in [6, 6.07) is 2.42. The summed E-state index contributed by atoms with van der Waals surface area (Å²) in [6.07, 6.45) is 7.75. The normalized spacial score (nSPS) is 19.0. The number of aryl methyl sites for hydroxylation is 2. The van der Waals surface area contributed by atoms with Gasteiger partial charge in [-0.1, -0.05) is 33.1 Å². The molecule has 2 fully saturated rings. The third kappa shape index (κ3) is 4.91. The van der Waals surface area contributed by atoms with Gasteiger partial charge < -0.3 is 14.8 Å². The molecule has 1 saturated heterocycles. The number of nitrogens with zero attached hydrogens (tertiary/aromatic N) is 6. The van der Waals surface area contributed by atoms with Crippen molar-refractivity contribution in [3.05, 3.63) is 23.8 Å². The van der Waals surface area contributed by atoms with E-state index in [0.717, 1.165) is 30.2 Å². The van der Waals surface area contributed by atoms with E-state index in [9.17, 15) is 8.42 Å². The second-order valence-corrected chi connectivity index (χ2v) is 11.1. The first kappa shape index (κ1) is 23.0. The van der Waals surface area contributed by atoms with Gasteiger partial charge in [0.15, 0.2) is 5.03 Å². The van der Waals surface area contributed by atoms with Gasteiger partial charge in [-0.2, -0.15) is 9.29 Å². The second-order valence-electron chi connectivity index (χ2n) is 9.26. The molecule has 0 spiro atoms. The van der Waals surface area contributed by atoms with Gasteiger partial charge in [0, 0.05) is 63.1 Å². The molecular formula is C22H35N7O2S. The number of hydrogen-bond donors (Lipinski definition) is 1. The summed E-state index contributed by atoms with van der Waals surface area (Å²) in [5.74, 6) is 2.47. The maximum absolute atomic E-state index is 13.1. The van der Waals surface area contributed by atoms with E-state index in [-0.39, 0.29) is 10.9 Å². The summed E-state index contributed by atoms with van der Waals surface area (Å²) in [6.45, 7) is 7.99. The van der Waals surface area contributed by atoms with Crippen LogP contribution in [0.25, 0.3) is 0 Å². The number of sulfonamides is 1. The lowest BCUT2D eigenvalue weighted by Crippen LogP contribution is -2.49. The number of hydrogen-bond acceptors (Lipinski definition) is 7. The minimum atomic E-state index is -3.61. The zero-order valence-corrected chi connectivity index (χ0v) is 20.4. The molecule has 10 heteroatoms. The molecule has 9 nitrogen and oxygen atoms in total. The molecule has 1 saturated carbocycles. The van der Waals surface area contributed by atoms with Crippen LogP contribution in [0, 0.1) is 6.92 Å². The highest BCUT2D eigenvalue weighted by Gasteiger charge is 2.31.